The summed E-state index contributed by atoms with van der Waals surface area (Å²) in [6.07, 6.45) is 3.49. The van der Waals surface area contributed by atoms with E-state index in [0.717, 1.165) is 30.0 Å². The van der Waals surface area contributed by atoms with Crippen molar-refractivity contribution in [3.05, 3.63) is 34.3 Å². The van der Waals surface area contributed by atoms with E-state index in [9.17, 15) is 0 Å². The highest BCUT2D eigenvalue weighted by Crippen LogP contribution is 2.24. The molecule has 0 bridgehead atoms. The molecule has 2 nitrogen and oxygen atoms in total. The van der Waals surface area contributed by atoms with E-state index in [4.69, 9.17) is 4.74 Å². The topological polar surface area (TPSA) is 21.3 Å². The predicted octanol–water partition coefficient (Wildman–Crippen LogP) is 4.30. The van der Waals surface area contributed by atoms with Gasteiger partial charge in [-0.3, -0.25) is 0 Å². The van der Waals surface area contributed by atoms with Gasteiger partial charge >= 0.3 is 0 Å². The first kappa shape index (κ1) is 15.0. The van der Waals surface area contributed by atoms with Crippen molar-refractivity contribution in [1.82, 2.24) is 5.32 Å². The third-order valence-corrected chi connectivity index (χ3v) is 4.65. The van der Waals surface area contributed by atoms with Crippen LogP contribution in [0.2, 0.25) is 0 Å². The van der Waals surface area contributed by atoms with Gasteiger partial charge in [0, 0.05) is 29.8 Å². The van der Waals surface area contributed by atoms with Gasteiger partial charge in [-0.1, -0.05) is 35.0 Å². The van der Waals surface area contributed by atoms with Crippen LogP contribution in [-0.4, -0.2) is 19.3 Å². The summed E-state index contributed by atoms with van der Waals surface area (Å²) in [5.41, 5.74) is 1.38. The molecule has 1 aliphatic heterocycles. The van der Waals surface area contributed by atoms with Crippen LogP contribution in [0.1, 0.15) is 44.7 Å². The van der Waals surface area contributed by atoms with Crippen LogP contribution in [0.3, 0.4) is 0 Å². The molecule has 0 radical (unpaired) electrons. The van der Waals surface area contributed by atoms with E-state index in [1.165, 1.54) is 18.4 Å². The summed E-state index contributed by atoms with van der Waals surface area (Å²) in [6.45, 7) is 6.41. The second kappa shape index (κ2) is 7.41. The van der Waals surface area contributed by atoms with Gasteiger partial charge < -0.3 is 10.1 Å². The molecule has 1 N–H and O–H groups in total. The van der Waals surface area contributed by atoms with Crippen molar-refractivity contribution in [3.63, 3.8) is 0 Å². The normalized spacial score (nSPS) is 20.2. The minimum atomic E-state index is 0.450. The van der Waals surface area contributed by atoms with Crippen LogP contribution in [0, 0.1) is 5.92 Å². The molecule has 0 saturated carbocycles. The fourth-order valence-corrected chi connectivity index (χ4v) is 3.08. The first-order chi connectivity index (χ1) is 9.20. The number of nitrogens with one attached hydrogen (secondary N) is 1. The largest absolute Gasteiger partial charge is 0.381 e. The number of rotatable bonds is 5. The lowest BCUT2D eigenvalue weighted by molar-refractivity contribution is 0.0543. The standard InChI is InChI=1S/C16H24BrNO/c1-3-16(14-4-6-15(17)7-5-14)18-12(2)13-8-10-19-11-9-13/h4-7,12-13,16,18H,3,8-11H2,1-2H3. The molecule has 2 rings (SSSR count). The fourth-order valence-electron chi connectivity index (χ4n) is 2.81. The zero-order valence-corrected chi connectivity index (χ0v) is 13.4. The van der Waals surface area contributed by atoms with E-state index in [0.29, 0.717) is 12.1 Å². The Balaban J connectivity index is 1.96. The van der Waals surface area contributed by atoms with E-state index < -0.39 is 0 Å². The molecule has 1 heterocycles. The lowest BCUT2D eigenvalue weighted by Gasteiger charge is -2.31. The quantitative estimate of drug-likeness (QED) is 0.871. The van der Waals surface area contributed by atoms with Gasteiger partial charge in [0.05, 0.1) is 0 Å². The molecular formula is C16H24BrNO. The van der Waals surface area contributed by atoms with Gasteiger partial charge in [0.15, 0.2) is 0 Å². The zero-order valence-electron chi connectivity index (χ0n) is 11.9. The van der Waals surface area contributed by atoms with E-state index in [1.807, 2.05) is 0 Å². The van der Waals surface area contributed by atoms with E-state index in [-0.39, 0.29) is 0 Å². The summed E-state index contributed by atoms with van der Waals surface area (Å²) in [5, 5.41) is 3.80. The van der Waals surface area contributed by atoms with E-state index in [2.05, 4.69) is 59.4 Å². The van der Waals surface area contributed by atoms with Crippen molar-refractivity contribution in [2.75, 3.05) is 13.2 Å². The average molecular weight is 326 g/mol. The molecule has 0 amide bonds. The highest BCUT2D eigenvalue weighted by molar-refractivity contribution is 9.10. The predicted molar refractivity (Wildman–Crippen MR) is 83.3 cm³/mol. The van der Waals surface area contributed by atoms with Gasteiger partial charge in [-0.25, -0.2) is 0 Å². The first-order valence-electron chi connectivity index (χ1n) is 7.30. The van der Waals surface area contributed by atoms with E-state index >= 15 is 0 Å². The molecule has 0 aromatic heterocycles. The fraction of sp³-hybridized carbons (Fsp3) is 0.625. The van der Waals surface area contributed by atoms with Crippen LogP contribution in [0.4, 0.5) is 0 Å². The second-order valence-electron chi connectivity index (χ2n) is 5.42. The van der Waals surface area contributed by atoms with Crippen molar-refractivity contribution >= 4 is 15.9 Å². The third kappa shape index (κ3) is 4.30. The van der Waals surface area contributed by atoms with Crippen LogP contribution in [0.5, 0.6) is 0 Å². The number of hydrogen-bond acceptors (Lipinski definition) is 2. The van der Waals surface area contributed by atoms with Crippen molar-refractivity contribution in [2.24, 2.45) is 5.92 Å². The molecule has 2 atom stereocenters. The molecule has 1 fully saturated rings. The molecule has 1 aliphatic rings. The summed E-state index contributed by atoms with van der Waals surface area (Å²) in [4.78, 5) is 0. The maximum absolute atomic E-state index is 5.45. The summed E-state index contributed by atoms with van der Waals surface area (Å²) < 4.78 is 6.59. The third-order valence-electron chi connectivity index (χ3n) is 4.12. The number of halogens is 1. The van der Waals surface area contributed by atoms with Gasteiger partial charge in [-0.15, -0.1) is 0 Å². The summed E-state index contributed by atoms with van der Waals surface area (Å²) >= 11 is 3.50. The molecule has 19 heavy (non-hydrogen) atoms. The van der Waals surface area contributed by atoms with Crippen molar-refractivity contribution in [1.29, 1.82) is 0 Å². The van der Waals surface area contributed by atoms with Gasteiger partial charge in [0.2, 0.25) is 0 Å². The Hall–Kier alpha value is -0.380. The van der Waals surface area contributed by atoms with Gasteiger partial charge in [-0.05, 0) is 49.8 Å². The first-order valence-corrected chi connectivity index (χ1v) is 8.09. The van der Waals surface area contributed by atoms with Gasteiger partial charge in [0.25, 0.3) is 0 Å². The smallest absolute Gasteiger partial charge is 0.0469 e. The Morgan fingerprint density at radius 3 is 2.47 bits per heavy atom. The summed E-state index contributed by atoms with van der Waals surface area (Å²) in [5.74, 6) is 0.748. The molecule has 1 saturated heterocycles. The molecule has 0 aliphatic carbocycles. The minimum Gasteiger partial charge on any atom is -0.381 e. The Morgan fingerprint density at radius 1 is 1.26 bits per heavy atom. The highest BCUT2D eigenvalue weighted by Gasteiger charge is 2.22. The average Bonchev–Trinajstić information content (AvgIpc) is 2.46. The van der Waals surface area contributed by atoms with Crippen molar-refractivity contribution in [3.8, 4) is 0 Å². The van der Waals surface area contributed by atoms with Crippen molar-refractivity contribution in [2.45, 2.75) is 45.2 Å². The molecule has 2 unspecified atom stereocenters. The lowest BCUT2D eigenvalue weighted by atomic mass is 9.91. The number of benzene rings is 1. The van der Waals surface area contributed by atoms with Crippen molar-refractivity contribution < 1.29 is 4.74 Å². The van der Waals surface area contributed by atoms with Gasteiger partial charge in [-0.2, -0.15) is 0 Å². The minimum absolute atomic E-state index is 0.450. The molecule has 1 aromatic rings. The van der Waals surface area contributed by atoms with Crippen LogP contribution in [-0.2, 0) is 4.74 Å². The highest BCUT2D eigenvalue weighted by atomic mass is 79.9. The molecule has 3 heteroatoms. The lowest BCUT2D eigenvalue weighted by Crippen LogP contribution is -2.38. The van der Waals surface area contributed by atoms with Crippen LogP contribution in [0.15, 0.2) is 28.7 Å². The maximum Gasteiger partial charge on any atom is 0.0469 e. The SMILES string of the molecule is CCC(NC(C)C1CCOCC1)c1ccc(Br)cc1. The monoisotopic (exact) mass is 325 g/mol. The summed E-state index contributed by atoms with van der Waals surface area (Å²) in [7, 11) is 0. The number of ether oxygens (including phenoxy) is 1. The summed E-state index contributed by atoms with van der Waals surface area (Å²) in [6, 6.07) is 9.67. The Bertz CT molecular complexity index is 373. The van der Waals surface area contributed by atoms with E-state index in [1.54, 1.807) is 0 Å². The Kier molecular flexibility index (Phi) is 5.86. The van der Waals surface area contributed by atoms with Crippen LogP contribution in [0.25, 0.3) is 0 Å². The maximum atomic E-state index is 5.45. The second-order valence-corrected chi connectivity index (χ2v) is 6.33. The van der Waals surface area contributed by atoms with Crippen LogP contribution >= 0.6 is 15.9 Å². The zero-order chi connectivity index (χ0) is 13.7. The molecule has 1 aromatic carbocycles. The Labute approximate surface area is 125 Å². The number of hydrogen-bond donors (Lipinski definition) is 1. The molecule has 0 spiro atoms. The van der Waals surface area contributed by atoms with Crippen LogP contribution < -0.4 is 5.32 Å². The molecule has 106 valence electrons. The Morgan fingerprint density at radius 2 is 1.89 bits per heavy atom. The molecular weight excluding hydrogens is 302 g/mol. The van der Waals surface area contributed by atoms with Gasteiger partial charge in [0.1, 0.15) is 0 Å².